The van der Waals surface area contributed by atoms with Crippen molar-refractivity contribution >= 4 is 6.16 Å². The third kappa shape index (κ3) is 2.37. The number of hydrogen-bond donors (Lipinski definition) is 0. The van der Waals surface area contributed by atoms with Gasteiger partial charge in [0.05, 0.1) is 13.2 Å². The Balaban J connectivity index is 1.99. The second kappa shape index (κ2) is 4.45. The van der Waals surface area contributed by atoms with Crippen molar-refractivity contribution in [1.29, 1.82) is 0 Å². The van der Waals surface area contributed by atoms with Gasteiger partial charge in [-0.05, 0) is 6.07 Å². The van der Waals surface area contributed by atoms with E-state index in [1.165, 1.54) is 18.3 Å². The van der Waals surface area contributed by atoms with Crippen LogP contribution in [-0.4, -0.2) is 36.1 Å². The first-order valence-electron chi connectivity index (χ1n) is 4.89. The fourth-order valence-electron chi connectivity index (χ4n) is 1.24. The van der Waals surface area contributed by atoms with Crippen LogP contribution in [0, 0.1) is 0 Å². The van der Waals surface area contributed by atoms with Crippen LogP contribution in [-0.2, 0) is 9.47 Å². The number of carbonyl (C=O) groups is 1. The summed E-state index contributed by atoms with van der Waals surface area (Å²) in [5.41, 5.74) is -2.61. The molecule has 1 fully saturated rings. The molecule has 18 heavy (non-hydrogen) atoms. The molecule has 1 aliphatic rings. The van der Waals surface area contributed by atoms with Crippen LogP contribution in [0.5, 0.6) is 5.88 Å². The highest BCUT2D eigenvalue weighted by molar-refractivity contribution is 5.64. The molecule has 0 amide bonds. The van der Waals surface area contributed by atoms with Gasteiger partial charge in [0.25, 0.3) is 5.60 Å². The average molecular weight is 263 g/mol. The first-order chi connectivity index (χ1) is 8.43. The van der Waals surface area contributed by atoms with Gasteiger partial charge >= 0.3 is 12.3 Å². The normalized spacial score (nSPS) is 17.7. The van der Waals surface area contributed by atoms with E-state index in [1.54, 1.807) is 6.07 Å². The molecule has 98 valence electrons. The predicted molar refractivity (Wildman–Crippen MR) is 51.0 cm³/mol. The Kier molecular flexibility index (Phi) is 3.12. The quantitative estimate of drug-likeness (QED) is 0.763. The van der Waals surface area contributed by atoms with Crippen LogP contribution in [0.3, 0.4) is 0 Å². The molecule has 1 saturated heterocycles. The van der Waals surface area contributed by atoms with Crippen molar-refractivity contribution in [2.75, 3.05) is 13.2 Å². The van der Waals surface area contributed by atoms with E-state index in [4.69, 9.17) is 0 Å². The lowest BCUT2D eigenvalue weighted by Gasteiger charge is -2.40. The van der Waals surface area contributed by atoms with Crippen molar-refractivity contribution in [1.82, 2.24) is 4.98 Å². The van der Waals surface area contributed by atoms with Crippen LogP contribution >= 0.6 is 0 Å². The van der Waals surface area contributed by atoms with Gasteiger partial charge in [-0.1, -0.05) is 6.07 Å². The van der Waals surface area contributed by atoms with E-state index in [2.05, 4.69) is 19.2 Å². The molecule has 0 atom stereocenters. The molecular weight excluding hydrogens is 255 g/mol. The number of alkyl halides is 3. The minimum atomic E-state index is -4.70. The maximum Gasteiger partial charge on any atom is 0.516 e. The lowest BCUT2D eigenvalue weighted by molar-refractivity contribution is -0.334. The van der Waals surface area contributed by atoms with Gasteiger partial charge in [0.1, 0.15) is 0 Å². The maximum atomic E-state index is 12.6. The summed E-state index contributed by atoms with van der Waals surface area (Å²) >= 11 is 0. The summed E-state index contributed by atoms with van der Waals surface area (Å²) in [5.74, 6) is -0.139. The standard InChI is InChI=1S/C10H8F3NO4/c11-10(12,13)9(5-16-6-9)18-8(15)17-7-3-1-2-4-14-7/h1-4H,5-6H2. The number of rotatable bonds is 2. The van der Waals surface area contributed by atoms with Gasteiger partial charge < -0.3 is 14.2 Å². The van der Waals surface area contributed by atoms with Gasteiger partial charge in [-0.15, -0.1) is 0 Å². The van der Waals surface area contributed by atoms with E-state index in [-0.39, 0.29) is 5.88 Å². The largest absolute Gasteiger partial charge is 0.516 e. The molecule has 1 aromatic heterocycles. The third-order valence-electron chi connectivity index (χ3n) is 2.29. The highest BCUT2D eigenvalue weighted by Crippen LogP contribution is 2.39. The fourth-order valence-corrected chi connectivity index (χ4v) is 1.24. The second-order valence-corrected chi connectivity index (χ2v) is 3.61. The van der Waals surface area contributed by atoms with Crippen LogP contribution in [0.4, 0.5) is 18.0 Å². The molecule has 0 spiro atoms. The van der Waals surface area contributed by atoms with Gasteiger partial charge in [0.15, 0.2) is 0 Å². The number of halogens is 3. The molecule has 0 unspecified atom stereocenters. The molecule has 0 radical (unpaired) electrons. The number of nitrogens with zero attached hydrogens (tertiary/aromatic N) is 1. The summed E-state index contributed by atoms with van der Waals surface area (Å²) in [7, 11) is 0. The smallest absolute Gasteiger partial charge is 0.413 e. The van der Waals surface area contributed by atoms with Gasteiger partial charge in [-0.3, -0.25) is 0 Å². The minimum Gasteiger partial charge on any atom is -0.413 e. The molecule has 0 saturated carbocycles. The number of carbonyl (C=O) groups excluding carboxylic acids is 1. The van der Waals surface area contributed by atoms with E-state index in [0.717, 1.165) is 0 Å². The number of ether oxygens (including phenoxy) is 3. The van der Waals surface area contributed by atoms with Crippen molar-refractivity contribution in [3.63, 3.8) is 0 Å². The molecule has 2 heterocycles. The zero-order chi connectivity index (χ0) is 13.2. The van der Waals surface area contributed by atoms with Gasteiger partial charge in [-0.25, -0.2) is 9.78 Å². The summed E-state index contributed by atoms with van der Waals surface area (Å²) in [5, 5.41) is 0. The average Bonchev–Trinajstić information content (AvgIpc) is 2.23. The summed E-state index contributed by atoms with van der Waals surface area (Å²) in [6.45, 7) is -1.46. The number of aromatic nitrogens is 1. The molecule has 5 nitrogen and oxygen atoms in total. The topological polar surface area (TPSA) is 57.7 Å². The SMILES string of the molecule is O=C(Oc1ccccn1)OC1(C(F)(F)F)COC1. The molecule has 0 bridgehead atoms. The molecule has 2 rings (SSSR count). The Labute approximate surface area is 99.5 Å². The molecule has 8 heteroatoms. The monoisotopic (exact) mass is 263 g/mol. The molecule has 0 aromatic carbocycles. The van der Waals surface area contributed by atoms with Crippen molar-refractivity contribution < 1.29 is 32.2 Å². The zero-order valence-electron chi connectivity index (χ0n) is 8.94. The Morgan fingerprint density at radius 3 is 2.56 bits per heavy atom. The highest BCUT2D eigenvalue weighted by atomic mass is 19.4. The highest BCUT2D eigenvalue weighted by Gasteiger charge is 2.64. The van der Waals surface area contributed by atoms with E-state index in [0.29, 0.717) is 0 Å². The van der Waals surface area contributed by atoms with Gasteiger partial charge in [-0.2, -0.15) is 13.2 Å². The van der Waals surface area contributed by atoms with E-state index >= 15 is 0 Å². The van der Waals surface area contributed by atoms with Crippen LogP contribution in [0.25, 0.3) is 0 Å². The second-order valence-electron chi connectivity index (χ2n) is 3.61. The van der Waals surface area contributed by atoms with Crippen LogP contribution < -0.4 is 4.74 Å². The predicted octanol–water partition coefficient (Wildman–Crippen LogP) is 1.93. The lowest BCUT2D eigenvalue weighted by Crippen LogP contribution is -2.63. The summed E-state index contributed by atoms with van der Waals surface area (Å²) in [4.78, 5) is 14.8. The summed E-state index contributed by atoms with van der Waals surface area (Å²) in [6, 6.07) is 4.40. The van der Waals surface area contributed by atoms with E-state index in [1.807, 2.05) is 0 Å². The Morgan fingerprint density at radius 1 is 1.39 bits per heavy atom. The van der Waals surface area contributed by atoms with Crippen LogP contribution in [0.1, 0.15) is 0 Å². The van der Waals surface area contributed by atoms with E-state index < -0.39 is 31.1 Å². The van der Waals surface area contributed by atoms with Crippen molar-refractivity contribution in [3.8, 4) is 5.88 Å². The van der Waals surface area contributed by atoms with Gasteiger partial charge in [0, 0.05) is 12.3 Å². The maximum absolute atomic E-state index is 12.6. The molecule has 0 N–H and O–H groups in total. The number of hydrogen-bond acceptors (Lipinski definition) is 5. The third-order valence-corrected chi connectivity index (χ3v) is 2.29. The Hall–Kier alpha value is -1.83. The van der Waals surface area contributed by atoms with Crippen molar-refractivity contribution in [2.24, 2.45) is 0 Å². The number of pyridine rings is 1. The van der Waals surface area contributed by atoms with Crippen LogP contribution in [0.15, 0.2) is 24.4 Å². The summed E-state index contributed by atoms with van der Waals surface area (Å²) < 4.78 is 51.1. The van der Waals surface area contributed by atoms with Crippen LogP contribution in [0.2, 0.25) is 0 Å². The minimum absolute atomic E-state index is 0.139. The lowest BCUT2D eigenvalue weighted by atomic mass is 10.0. The molecule has 0 aliphatic carbocycles. The van der Waals surface area contributed by atoms with E-state index in [9.17, 15) is 18.0 Å². The molecule has 1 aromatic rings. The first-order valence-corrected chi connectivity index (χ1v) is 4.89. The van der Waals surface area contributed by atoms with Crippen molar-refractivity contribution in [3.05, 3.63) is 24.4 Å². The summed E-state index contributed by atoms with van der Waals surface area (Å²) in [6.07, 6.45) is -4.84. The molecule has 1 aliphatic heterocycles. The Morgan fingerprint density at radius 2 is 2.11 bits per heavy atom. The molecular formula is C10H8F3NO4. The first kappa shape index (κ1) is 12.6. The Bertz CT molecular complexity index is 430. The fraction of sp³-hybridized carbons (Fsp3) is 0.400. The zero-order valence-corrected chi connectivity index (χ0v) is 8.94. The van der Waals surface area contributed by atoms with Gasteiger partial charge in [0.2, 0.25) is 5.88 Å². The van der Waals surface area contributed by atoms with Crippen molar-refractivity contribution in [2.45, 2.75) is 11.8 Å².